The van der Waals surface area contributed by atoms with Crippen molar-refractivity contribution in [2.24, 2.45) is 0 Å². The number of nitrogens with one attached hydrogen (secondary N) is 1. The third-order valence-electron chi connectivity index (χ3n) is 3.27. The van der Waals surface area contributed by atoms with Crippen LogP contribution in [0.15, 0.2) is 16.5 Å². The van der Waals surface area contributed by atoms with Gasteiger partial charge in [0.2, 0.25) is 5.76 Å². The van der Waals surface area contributed by atoms with Crippen molar-refractivity contribution in [3.05, 3.63) is 23.7 Å². The van der Waals surface area contributed by atoms with Crippen molar-refractivity contribution in [3.8, 4) is 0 Å². The zero-order valence-corrected chi connectivity index (χ0v) is 10.7. The Kier molecular flexibility index (Phi) is 3.73. The molecule has 0 bridgehead atoms. The number of hydrogen-bond acceptors (Lipinski definition) is 4. The highest BCUT2D eigenvalue weighted by Gasteiger charge is 2.30. The molecule has 18 heavy (non-hydrogen) atoms. The lowest BCUT2D eigenvalue weighted by Gasteiger charge is -2.36. The first-order valence-electron chi connectivity index (χ1n) is 6.19. The molecule has 2 unspecified atom stereocenters. The van der Waals surface area contributed by atoms with Gasteiger partial charge in [0.15, 0.2) is 0 Å². The summed E-state index contributed by atoms with van der Waals surface area (Å²) in [4.78, 5) is 10.8. The van der Waals surface area contributed by atoms with Crippen LogP contribution in [0.4, 0.5) is 0 Å². The molecule has 1 aromatic rings. The maximum atomic E-state index is 10.8. The van der Waals surface area contributed by atoms with Crippen molar-refractivity contribution in [3.63, 3.8) is 0 Å². The van der Waals surface area contributed by atoms with Gasteiger partial charge in [-0.25, -0.2) is 4.79 Å². The molecule has 5 heteroatoms. The van der Waals surface area contributed by atoms with Gasteiger partial charge >= 0.3 is 5.97 Å². The molecule has 1 aromatic heterocycles. The second-order valence-corrected chi connectivity index (χ2v) is 5.09. The van der Waals surface area contributed by atoms with Crippen LogP contribution < -0.4 is 5.32 Å². The van der Waals surface area contributed by atoms with Crippen LogP contribution >= 0.6 is 0 Å². The topological polar surface area (TPSA) is 71.7 Å². The third-order valence-corrected chi connectivity index (χ3v) is 3.27. The van der Waals surface area contributed by atoms with Crippen molar-refractivity contribution in [2.75, 3.05) is 13.2 Å². The van der Waals surface area contributed by atoms with E-state index in [4.69, 9.17) is 14.3 Å². The second-order valence-electron chi connectivity index (χ2n) is 5.09. The molecule has 0 aromatic carbocycles. The summed E-state index contributed by atoms with van der Waals surface area (Å²) in [5.74, 6) is -0.427. The van der Waals surface area contributed by atoms with Crippen molar-refractivity contribution in [1.29, 1.82) is 0 Å². The SMILES string of the molecule is CC(NC1(C)CCCOC1)c1ccc(C(=O)O)o1. The number of furan rings is 1. The minimum absolute atomic E-state index is 0.0244. The van der Waals surface area contributed by atoms with E-state index >= 15 is 0 Å². The van der Waals surface area contributed by atoms with Gasteiger partial charge in [-0.2, -0.15) is 0 Å². The van der Waals surface area contributed by atoms with Gasteiger partial charge in [-0.15, -0.1) is 0 Å². The van der Waals surface area contributed by atoms with E-state index in [-0.39, 0.29) is 17.3 Å². The standard InChI is InChI=1S/C13H19NO4/c1-9(10-4-5-11(18-10)12(15)16)14-13(2)6-3-7-17-8-13/h4-5,9,14H,3,6-8H2,1-2H3,(H,15,16). The predicted octanol–water partition coefficient (Wildman–Crippen LogP) is 2.20. The van der Waals surface area contributed by atoms with E-state index in [0.29, 0.717) is 12.4 Å². The Hall–Kier alpha value is -1.33. The molecule has 0 spiro atoms. The van der Waals surface area contributed by atoms with Gasteiger partial charge in [-0.1, -0.05) is 0 Å². The molecule has 0 saturated carbocycles. The van der Waals surface area contributed by atoms with Gasteiger partial charge in [0.05, 0.1) is 12.6 Å². The summed E-state index contributed by atoms with van der Waals surface area (Å²) in [6, 6.07) is 3.15. The van der Waals surface area contributed by atoms with Crippen LogP contribution in [0.2, 0.25) is 0 Å². The summed E-state index contributed by atoms with van der Waals surface area (Å²) in [6.07, 6.45) is 2.08. The average Bonchev–Trinajstić information content (AvgIpc) is 2.78. The number of aromatic carboxylic acids is 1. The summed E-state index contributed by atoms with van der Waals surface area (Å²) in [6.45, 7) is 5.56. The van der Waals surface area contributed by atoms with Gasteiger partial charge in [0.1, 0.15) is 5.76 Å². The van der Waals surface area contributed by atoms with Gasteiger partial charge in [0.25, 0.3) is 0 Å². The van der Waals surface area contributed by atoms with E-state index in [2.05, 4.69) is 12.2 Å². The highest BCUT2D eigenvalue weighted by atomic mass is 16.5. The molecule has 5 nitrogen and oxygen atoms in total. The quantitative estimate of drug-likeness (QED) is 0.860. The van der Waals surface area contributed by atoms with Crippen molar-refractivity contribution < 1.29 is 19.1 Å². The Morgan fingerprint density at radius 3 is 2.89 bits per heavy atom. The van der Waals surface area contributed by atoms with Crippen molar-refractivity contribution in [2.45, 2.75) is 38.3 Å². The Balaban J connectivity index is 2.01. The summed E-state index contributed by atoms with van der Waals surface area (Å²) in [5, 5.41) is 12.3. The van der Waals surface area contributed by atoms with E-state index in [1.807, 2.05) is 6.92 Å². The zero-order valence-electron chi connectivity index (χ0n) is 10.7. The second kappa shape index (κ2) is 5.12. The fourth-order valence-corrected chi connectivity index (χ4v) is 2.34. The molecule has 2 rings (SSSR count). The molecule has 0 aliphatic carbocycles. The Morgan fingerprint density at radius 2 is 2.33 bits per heavy atom. The Bertz CT molecular complexity index is 420. The first-order chi connectivity index (χ1) is 8.50. The van der Waals surface area contributed by atoms with E-state index in [1.54, 1.807) is 6.07 Å². The number of hydrogen-bond donors (Lipinski definition) is 2. The van der Waals surface area contributed by atoms with E-state index in [0.717, 1.165) is 19.4 Å². The summed E-state index contributed by atoms with van der Waals surface area (Å²) < 4.78 is 10.8. The van der Waals surface area contributed by atoms with Crippen molar-refractivity contribution in [1.82, 2.24) is 5.32 Å². The van der Waals surface area contributed by atoms with Crippen LogP contribution in [0, 0.1) is 0 Å². The summed E-state index contributed by atoms with van der Waals surface area (Å²) >= 11 is 0. The summed E-state index contributed by atoms with van der Waals surface area (Å²) in [5.41, 5.74) is -0.0756. The summed E-state index contributed by atoms with van der Waals surface area (Å²) in [7, 11) is 0. The number of carbonyl (C=O) groups is 1. The largest absolute Gasteiger partial charge is 0.475 e. The number of ether oxygens (including phenoxy) is 1. The molecule has 1 fully saturated rings. The highest BCUT2D eigenvalue weighted by Crippen LogP contribution is 2.24. The zero-order chi connectivity index (χ0) is 13.2. The molecule has 1 aliphatic rings. The minimum Gasteiger partial charge on any atom is -0.475 e. The molecule has 100 valence electrons. The van der Waals surface area contributed by atoms with Crippen LogP contribution in [-0.4, -0.2) is 29.8 Å². The maximum Gasteiger partial charge on any atom is 0.371 e. The smallest absolute Gasteiger partial charge is 0.371 e. The number of carboxylic acid groups (broad SMARTS) is 1. The highest BCUT2D eigenvalue weighted by molar-refractivity contribution is 5.84. The predicted molar refractivity (Wildman–Crippen MR) is 65.7 cm³/mol. The average molecular weight is 253 g/mol. The maximum absolute atomic E-state index is 10.8. The van der Waals surface area contributed by atoms with Crippen LogP contribution in [-0.2, 0) is 4.74 Å². The van der Waals surface area contributed by atoms with E-state index in [1.165, 1.54) is 6.07 Å². The molecule has 0 radical (unpaired) electrons. The van der Waals surface area contributed by atoms with Gasteiger partial charge < -0.3 is 14.3 Å². The Morgan fingerprint density at radius 1 is 1.56 bits per heavy atom. The van der Waals surface area contributed by atoms with E-state index < -0.39 is 5.97 Å². The fraction of sp³-hybridized carbons (Fsp3) is 0.615. The monoisotopic (exact) mass is 253 g/mol. The number of carboxylic acids is 1. The molecule has 1 aliphatic heterocycles. The van der Waals surface area contributed by atoms with Crippen LogP contribution in [0.1, 0.15) is 49.0 Å². The Labute approximate surface area is 106 Å². The normalized spacial score (nSPS) is 25.9. The first-order valence-corrected chi connectivity index (χ1v) is 6.19. The molecular formula is C13H19NO4. The lowest BCUT2D eigenvalue weighted by atomic mass is 9.93. The third kappa shape index (κ3) is 2.91. The fourth-order valence-electron chi connectivity index (χ4n) is 2.34. The lowest BCUT2D eigenvalue weighted by Crippen LogP contribution is -2.49. The molecule has 2 atom stereocenters. The molecule has 0 amide bonds. The van der Waals surface area contributed by atoms with Crippen LogP contribution in [0.5, 0.6) is 0 Å². The minimum atomic E-state index is -1.04. The first kappa shape index (κ1) is 13.1. The van der Waals surface area contributed by atoms with Crippen LogP contribution in [0.3, 0.4) is 0 Å². The van der Waals surface area contributed by atoms with Gasteiger partial charge in [-0.05, 0) is 38.8 Å². The molecular weight excluding hydrogens is 234 g/mol. The van der Waals surface area contributed by atoms with Crippen molar-refractivity contribution >= 4 is 5.97 Å². The molecule has 2 N–H and O–H groups in total. The lowest BCUT2D eigenvalue weighted by molar-refractivity contribution is 0.0227. The molecule has 2 heterocycles. The van der Waals surface area contributed by atoms with Gasteiger partial charge in [0, 0.05) is 12.1 Å². The van der Waals surface area contributed by atoms with E-state index in [9.17, 15) is 4.79 Å². The van der Waals surface area contributed by atoms with Crippen LogP contribution in [0.25, 0.3) is 0 Å². The molecule has 1 saturated heterocycles. The van der Waals surface area contributed by atoms with Gasteiger partial charge in [-0.3, -0.25) is 5.32 Å². The number of rotatable bonds is 4.